The molecule has 0 atom stereocenters. The van der Waals surface area contributed by atoms with Gasteiger partial charge in [-0.05, 0) is 91.2 Å². The predicted molar refractivity (Wildman–Crippen MR) is 220 cm³/mol. The maximum Gasteiger partial charge on any atom is 0.157 e. The second-order valence-electron chi connectivity index (χ2n) is 16.7. The number of aliphatic imine (C=N–C) groups is 2. The third kappa shape index (κ3) is 4.59. The van der Waals surface area contributed by atoms with Gasteiger partial charge in [0, 0.05) is 27.4 Å². The van der Waals surface area contributed by atoms with Gasteiger partial charge >= 0.3 is 0 Å². The van der Waals surface area contributed by atoms with E-state index in [4.69, 9.17) is 15.7 Å². The first-order valence-electron chi connectivity index (χ1n) is 19.3. The van der Waals surface area contributed by atoms with Crippen LogP contribution in [0.25, 0.3) is 33.4 Å². The highest BCUT2D eigenvalue weighted by Crippen LogP contribution is 2.58. The van der Waals surface area contributed by atoms with Crippen molar-refractivity contribution in [1.29, 1.82) is 0 Å². The normalized spacial score (nSPS) is 18.0. The van der Waals surface area contributed by atoms with Crippen LogP contribution >= 0.6 is 0 Å². The first-order valence-corrected chi connectivity index (χ1v) is 19.3. The Kier molecular flexibility index (Phi) is 6.96. The second-order valence-corrected chi connectivity index (χ2v) is 16.7. The molecule has 6 aromatic rings. The van der Waals surface area contributed by atoms with Crippen LogP contribution in [0.3, 0.4) is 0 Å². The van der Waals surface area contributed by atoms with E-state index in [2.05, 4.69) is 155 Å². The zero-order valence-electron chi connectivity index (χ0n) is 31.1. The van der Waals surface area contributed by atoms with E-state index in [0.717, 1.165) is 11.1 Å². The molecule has 0 aliphatic heterocycles. The summed E-state index contributed by atoms with van der Waals surface area (Å²) >= 11 is 0. The molecule has 0 unspecified atom stereocenters. The summed E-state index contributed by atoms with van der Waals surface area (Å²) in [6.07, 6.45) is 4.86. The fraction of sp³-hybridized carbons (Fsp3) is 0.240. The number of rotatable bonds is 4. The monoisotopic (exact) mass is 687 g/mol. The van der Waals surface area contributed by atoms with Crippen LogP contribution in [0.15, 0.2) is 137 Å². The average Bonchev–Trinajstić information content (AvgIpc) is 3.90. The summed E-state index contributed by atoms with van der Waals surface area (Å²) in [5, 5.41) is 0. The standard InChI is InChI=1S/C50H45N3/c1-48(2)39-18-8-5-14-33(39)35-24-22-31(28-43(35)48)30-52-47(38-17-13-21-42-45(38)37-16-7-10-20-41(37)50(42)26-11-12-27-50)53-46(51)32-23-25-36-34-15-6-9-19-40(34)49(3,4)44(36)29-32/h5-10,13-25,28-29H,11-12,26-27,30H2,1-4H3,(H2,51,52,53). The maximum absolute atomic E-state index is 7.07. The first kappa shape index (κ1) is 32.1. The zero-order valence-corrected chi connectivity index (χ0v) is 31.1. The molecule has 4 aliphatic rings. The molecule has 0 saturated heterocycles. The highest BCUT2D eigenvalue weighted by atomic mass is 15.0. The fourth-order valence-corrected chi connectivity index (χ4v) is 10.4. The van der Waals surface area contributed by atoms with Crippen LogP contribution in [0, 0.1) is 0 Å². The molecule has 0 heterocycles. The Labute approximate surface area is 313 Å². The Balaban J connectivity index is 1.11. The van der Waals surface area contributed by atoms with Gasteiger partial charge < -0.3 is 5.73 Å². The van der Waals surface area contributed by atoms with Gasteiger partial charge in [0.15, 0.2) is 5.84 Å². The van der Waals surface area contributed by atoms with Gasteiger partial charge in [0.2, 0.25) is 0 Å². The molecule has 53 heavy (non-hydrogen) atoms. The lowest BCUT2D eigenvalue weighted by atomic mass is 9.76. The van der Waals surface area contributed by atoms with Crippen LogP contribution in [-0.4, -0.2) is 11.7 Å². The van der Waals surface area contributed by atoms with E-state index in [1.54, 1.807) is 0 Å². The minimum atomic E-state index is -0.125. The Bertz CT molecular complexity index is 2560. The van der Waals surface area contributed by atoms with Crippen molar-refractivity contribution in [1.82, 2.24) is 0 Å². The highest BCUT2D eigenvalue weighted by Gasteiger charge is 2.46. The molecule has 0 amide bonds. The predicted octanol–water partition coefficient (Wildman–Crippen LogP) is 11.5. The lowest BCUT2D eigenvalue weighted by Gasteiger charge is -2.26. The fourth-order valence-electron chi connectivity index (χ4n) is 10.4. The van der Waals surface area contributed by atoms with E-state index in [-0.39, 0.29) is 16.2 Å². The molecular weight excluding hydrogens is 643 g/mol. The summed E-state index contributed by atoms with van der Waals surface area (Å²) in [5.41, 5.74) is 26.2. The number of hydrogen-bond acceptors (Lipinski definition) is 1. The van der Waals surface area contributed by atoms with Crippen molar-refractivity contribution in [2.75, 3.05) is 0 Å². The molecule has 1 saturated carbocycles. The molecule has 3 heteroatoms. The van der Waals surface area contributed by atoms with Crippen LogP contribution in [-0.2, 0) is 22.8 Å². The van der Waals surface area contributed by atoms with Crippen molar-refractivity contribution >= 4 is 11.7 Å². The largest absolute Gasteiger partial charge is 0.383 e. The average molecular weight is 688 g/mol. The van der Waals surface area contributed by atoms with Gasteiger partial charge in [-0.3, -0.25) is 4.99 Å². The van der Waals surface area contributed by atoms with E-state index in [1.165, 1.54) is 98.0 Å². The molecule has 6 aromatic carbocycles. The van der Waals surface area contributed by atoms with Crippen LogP contribution in [0.1, 0.15) is 103 Å². The van der Waals surface area contributed by atoms with Gasteiger partial charge in [0.1, 0.15) is 5.84 Å². The Hall–Kier alpha value is -5.54. The summed E-state index contributed by atoms with van der Waals surface area (Å²) in [4.78, 5) is 10.7. The Morgan fingerprint density at radius 2 is 1.09 bits per heavy atom. The molecule has 0 radical (unpaired) electrons. The summed E-state index contributed by atoms with van der Waals surface area (Å²) in [6.45, 7) is 9.79. The summed E-state index contributed by atoms with van der Waals surface area (Å²) in [7, 11) is 0. The lowest BCUT2D eigenvalue weighted by molar-refractivity contribution is 0.550. The van der Waals surface area contributed by atoms with Gasteiger partial charge in [-0.1, -0.05) is 162 Å². The number of hydrogen-bond donors (Lipinski definition) is 1. The molecule has 10 rings (SSSR count). The molecule has 1 fully saturated rings. The summed E-state index contributed by atoms with van der Waals surface area (Å²) < 4.78 is 0. The van der Waals surface area contributed by atoms with Gasteiger partial charge in [-0.2, -0.15) is 0 Å². The van der Waals surface area contributed by atoms with Crippen LogP contribution < -0.4 is 5.73 Å². The second kappa shape index (κ2) is 11.5. The Morgan fingerprint density at radius 3 is 1.77 bits per heavy atom. The van der Waals surface area contributed by atoms with Crippen molar-refractivity contribution in [3.8, 4) is 33.4 Å². The highest BCUT2D eigenvalue weighted by molar-refractivity contribution is 6.14. The first-order chi connectivity index (χ1) is 25.7. The van der Waals surface area contributed by atoms with Gasteiger partial charge in [0.25, 0.3) is 0 Å². The van der Waals surface area contributed by atoms with E-state index in [1.807, 2.05) is 0 Å². The quantitative estimate of drug-likeness (QED) is 0.146. The number of nitrogens with two attached hydrogens (primary N) is 1. The van der Waals surface area contributed by atoms with E-state index in [9.17, 15) is 0 Å². The third-order valence-electron chi connectivity index (χ3n) is 13.2. The minimum absolute atomic E-state index is 0.0590. The van der Waals surface area contributed by atoms with Crippen molar-refractivity contribution in [3.05, 3.63) is 177 Å². The summed E-state index contributed by atoms with van der Waals surface area (Å²) in [6, 6.07) is 46.9. The van der Waals surface area contributed by atoms with Crippen molar-refractivity contribution in [2.45, 2.75) is 76.2 Å². The van der Waals surface area contributed by atoms with Gasteiger partial charge in [0.05, 0.1) is 6.54 Å². The molecule has 260 valence electrons. The maximum atomic E-state index is 7.07. The summed E-state index contributed by atoms with van der Waals surface area (Å²) in [5.74, 6) is 1.18. The van der Waals surface area contributed by atoms with Crippen LogP contribution in [0.5, 0.6) is 0 Å². The van der Waals surface area contributed by atoms with Gasteiger partial charge in [-0.25, -0.2) is 4.99 Å². The molecule has 2 N–H and O–H groups in total. The topological polar surface area (TPSA) is 50.7 Å². The molecule has 0 aromatic heterocycles. The number of fused-ring (bicyclic) bond motifs is 11. The Morgan fingerprint density at radius 1 is 0.547 bits per heavy atom. The molecular formula is C50H45N3. The number of benzene rings is 6. The van der Waals surface area contributed by atoms with E-state index < -0.39 is 0 Å². The molecule has 1 spiro atoms. The minimum Gasteiger partial charge on any atom is -0.383 e. The van der Waals surface area contributed by atoms with Gasteiger partial charge in [-0.15, -0.1) is 0 Å². The SMILES string of the molecule is CC1(C)c2ccccc2-c2ccc(CN=C(N=C(N)c3ccc4c(c3)C(C)(C)c3ccccc3-4)c3cccc4c3-c3ccccc3C43CCCC3)cc21. The van der Waals surface area contributed by atoms with Crippen molar-refractivity contribution in [3.63, 3.8) is 0 Å². The molecule has 0 bridgehead atoms. The van der Waals surface area contributed by atoms with Crippen molar-refractivity contribution < 1.29 is 0 Å². The number of amidine groups is 2. The third-order valence-corrected chi connectivity index (χ3v) is 13.2. The van der Waals surface area contributed by atoms with Crippen LogP contribution in [0.2, 0.25) is 0 Å². The smallest absolute Gasteiger partial charge is 0.157 e. The van der Waals surface area contributed by atoms with E-state index >= 15 is 0 Å². The zero-order chi connectivity index (χ0) is 36.1. The van der Waals surface area contributed by atoms with E-state index in [0.29, 0.717) is 18.2 Å². The molecule has 3 nitrogen and oxygen atoms in total. The van der Waals surface area contributed by atoms with Crippen molar-refractivity contribution in [2.24, 2.45) is 15.7 Å². The lowest BCUT2D eigenvalue weighted by Crippen LogP contribution is -2.21. The van der Waals surface area contributed by atoms with Crippen LogP contribution in [0.4, 0.5) is 0 Å². The molecule has 4 aliphatic carbocycles. The number of nitrogens with zero attached hydrogens (tertiary/aromatic N) is 2.